The molecule has 0 aliphatic heterocycles. The summed E-state index contributed by atoms with van der Waals surface area (Å²) in [6.07, 6.45) is 1.85. The number of halogens is 1. The van der Waals surface area contributed by atoms with Crippen molar-refractivity contribution in [3.63, 3.8) is 0 Å². The molecule has 0 saturated carbocycles. The summed E-state index contributed by atoms with van der Waals surface area (Å²) in [5.41, 5.74) is 6.00. The lowest BCUT2D eigenvalue weighted by Gasteiger charge is -2.12. The highest BCUT2D eigenvalue weighted by atomic mass is 19.1. The Kier molecular flexibility index (Phi) is 5.12. The van der Waals surface area contributed by atoms with Crippen LogP contribution < -0.4 is 5.73 Å². The Morgan fingerprint density at radius 2 is 2.12 bits per heavy atom. The fraction of sp³-hybridized carbons (Fsp3) is 0.462. The maximum atomic E-state index is 13.3. The summed E-state index contributed by atoms with van der Waals surface area (Å²) in [5.74, 6) is -0.415. The second-order valence-electron chi connectivity index (χ2n) is 3.96. The number of Topliss-reactive ketones (excluding diaryl/α,β-unsaturated/α-hetero) is 1. The Labute approximate surface area is 95.7 Å². The lowest BCUT2D eigenvalue weighted by molar-refractivity contribution is -0.122. The standard InChI is InChI=1S/C13H18FNO/c1-2-5-11(9-15)13(16)8-10-6-3-4-7-12(10)14/h3-4,6-7,11H,2,5,8-9,15H2,1H3. The van der Waals surface area contributed by atoms with E-state index in [0.29, 0.717) is 12.1 Å². The molecule has 88 valence electrons. The van der Waals surface area contributed by atoms with Crippen molar-refractivity contribution >= 4 is 5.78 Å². The van der Waals surface area contributed by atoms with Crippen LogP contribution in [0.15, 0.2) is 24.3 Å². The van der Waals surface area contributed by atoms with Crippen LogP contribution in [0.25, 0.3) is 0 Å². The van der Waals surface area contributed by atoms with Crippen LogP contribution in [0.4, 0.5) is 4.39 Å². The van der Waals surface area contributed by atoms with Crippen LogP contribution in [0.1, 0.15) is 25.3 Å². The lowest BCUT2D eigenvalue weighted by Crippen LogP contribution is -2.25. The molecule has 1 aromatic carbocycles. The number of benzene rings is 1. The van der Waals surface area contributed by atoms with Crippen molar-refractivity contribution in [3.8, 4) is 0 Å². The molecule has 0 radical (unpaired) electrons. The van der Waals surface area contributed by atoms with Gasteiger partial charge in [0, 0.05) is 18.9 Å². The molecule has 1 aromatic rings. The summed E-state index contributed by atoms with van der Waals surface area (Å²) in [6.45, 7) is 2.36. The molecule has 0 aliphatic rings. The van der Waals surface area contributed by atoms with E-state index in [1.54, 1.807) is 18.2 Å². The highest BCUT2D eigenvalue weighted by Crippen LogP contribution is 2.13. The molecule has 1 atom stereocenters. The Morgan fingerprint density at radius 1 is 1.44 bits per heavy atom. The first-order valence-corrected chi connectivity index (χ1v) is 5.65. The molecular formula is C13H18FNO. The van der Waals surface area contributed by atoms with Crippen LogP contribution in [0.5, 0.6) is 0 Å². The molecule has 0 amide bonds. The van der Waals surface area contributed by atoms with Crippen LogP contribution in [-0.4, -0.2) is 12.3 Å². The zero-order valence-electron chi connectivity index (χ0n) is 9.58. The third-order valence-electron chi connectivity index (χ3n) is 2.70. The van der Waals surface area contributed by atoms with E-state index in [0.717, 1.165) is 12.8 Å². The average molecular weight is 223 g/mol. The van der Waals surface area contributed by atoms with Crippen molar-refractivity contribution in [1.82, 2.24) is 0 Å². The lowest BCUT2D eigenvalue weighted by atomic mass is 9.94. The van der Waals surface area contributed by atoms with E-state index in [-0.39, 0.29) is 23.9 Å². The molecule has 1 unspecified atom stereocenters. The number of hydrogen-bond donors (Lipinski definition) is 1. The highest BCUT2D eigenvalue weighted by molar-refractivity contribution is 5.83. The summed E-state index contributed by atoms with van der Waals surface area (Å²) >= 11 is 0. The van der Waals surface area contributed by atoms with Gasteiger partial charge in [-0.1, -0.05) is 31.5 Å². The maximum absolute atomic E-state index is 13.3. The summed E-state index contributed by atoms with van der Waals surface area (Å²) in [5, 5.41) is 0. The Morgan fingerprint density at radius 3 is 2.69 bits per heavy atom. The van der Waals surface area contributed by atoms with Gasteiger partial charge < -0.3 is 5.73 Å². The molecule has 0 fully saturated rings. The van der Waals surface area contributed by atoms with Crippen molar-refractivity contribution in [2.24, 2.45) is 11.7 Å². The maximum Gasteiger partial charge on any atom is 0.141 e. The van der Waals surface area contributed by atoms with Gasteiger partial charge in [-0.2, -0.15) is 0 Å². The van der Waals surface area contributed by atoms with Crippen molar-refractivity contribution < 1.29 is 9.18 Å². The smallest absolute Gasteiger partial charge is 0.141 e. The van der Waals surface area contributed by atoms with E-state index >= 15 is 0 Å². The third-order valence-corrected chi connectivity index (χ3v) is 2.70. The van der Waals surface area contributed by atoms with Crippen molar-refractivity contribution in [1.29, 1.82) is 0 Å². The number of nitrogens with two attached hydrogens (primary N) is 1. The second kappa shape index (κ2) is 6.38. The van der Waals surface area contributed by atoms with E-state index < -0.39 is 0 Å². The predicted octanol–water partition coefficient (Wildman–Crippen LogP) is 2.31. The first kappa shape index (κ1) is 12.8. The third kappa shape index (κ3) is 3.42. The van der Waals surface area contributed by atoms with Gasteiger partial charge in [0.1, 0.15) is 11.6 Å². The van der Waals surface area contributed by atoms with Gasteiger partial charge in [0.05, 0.1) is 0 Å². The number of carbonyl (C=O) groups is 1. The molecule has 3 heteroatoms. The SMILES string of the molecule is CCCC(CN)C(=O)Cc1ccccc1F. The van der Waals surface area contributed by atoms with Crippen molar-refractivity contribution in [2.75, 3.05) is 6.54 Å². The molecule has 0 bridgehead atoms. The topological polar surface area (TPSA) is 43.1 Å². The van der Waals surface area contributed by atoms with E-state index in [1.165, 1.54) is 6.07 Å². The molecule has 1 rings (SSSR count). The summed E-state index contributed by atoms with van der Waals surface area (Å²) in [7, 11) is 0. The van der Waals surface area contributed by atoms with E-state index in [9.17, 15) is 9.18 Å². The second-order valence-corrected chi connectivity index (χ2v) is 3.96. The molecule has 2 N–H and O–H groups in total. The number of hydrogen-bond acceptors (Lipinski definition) is 2. The van der Waals surface area contributed by atoms with E-state index in [4.69, 9.17) is 5.73 Å². The first-order valence-electron chi connectivity index (χ1n) is 5.65. The molecule has 2 nitrogen and oxygen atoms in total. The number of carbonyl (C=O) groups excluding carboxylic acids is 1. The first-order chi connectivity index (χ1) is 7.69. The summed E-state index contributed by atoms with van der Waals surface area (Å²) < 4.78 is 13.3. The molecular weight excluding hydrogens is 205 g/mol. The largest absolute Gasteiger partial charge is 0.330 e. The normalized spacial score (nSPS) is 12.4. The van der Waals surface area contributed by atoms with Crippen LogP contribution >= 0.6 is 0 Å². The summed E-state index contributed by atoms with van der Waals surface area (Å²) in [4.78, 5) is 11.8. The molecule has 0 heterocycles. The fourth-order valence-corrected chi connectivity index (χ4v) is 1.73. The predicted molar refractivity (Wildman–Crippen MR) is 62.6 cm³/mol. The van der Waals surface area contributed by atoms with Crippen LogP contribution in [0.2, 0.25) is 0 Å². The molecule has 0 spiro atoms. The summed E-state index contributed by atoms with van der Waals surface area (Å²) in [6, 6.07) is 6.38. The van der Waals surface area contributed by atoms with Gasteiger partial charge in [-0.05, 0) is 18.1 Å². The average Bonchev–Trinajstić information content (AvgIpc) is 2.29. The highest BCUT2D eigenvalue weighted by Gasteiger charge is 2.17. The van der Waals surface area contributed by atoms with Crippen molar-refractivity contribution in [2.45, 2.75) is 26.2 Å². The monoisotopic (exact) mass is 223 g/mol. The van der Waals surface area contributed by atoms with Gasteiger partial charge in [0.15, 0.2) is 0 Å². The minimum absolute atomic E-state index is 0.0365. The van der Waals surface area contributed by atoms with Crippen LogP contribution in [0.3, 0.4) is 0 Å². The van der Waals surface area contributed by atoms with Gasteiger partial charge in [0.25, 0.3) is 0 Å². The fourth-order valence-electron chi connectivity index (χ4n) is 1.73. The van der Waals surface area contributed by atoms with Gasteiger partial charge in [-0.25, -0.2) is 4.39 Å². The minimum atomic E-state index is -0.317. The molecule has 0 aliphatic carbocycles. The van der Waals surface area contributed by atoms with Gasteiger partial charge in [0.2, 0.25) is 0 Å². The Bertz CT molecular complexity index is 352. The van der Waals surface area contributed by atoms with Crippen molar-refractivity contribution in [3.05, 3.63) is 35.6 Å². The van der Waals surface area contributed by atoms with Gasteiger partial charge >= 0.3 is 0 Å². The van der Waals surface area contributed by atoms with E-state index in [1.807, 2.05) is 6.92 Å². The quantitative estimate of drug-likeness (QED) is 0.804. The minimum Gasteiger partial charge on any atom is -0.330 e. The van der Waals surface area contributed by atoms with E-state index in [2.05, 4.69) is 0 Å². The van der Waals surface area contributed by atoms with Gasteiger partial charge in [-0.15, -0.1) is 0 Å². The van der Waals surface area contributed by atoms with Gasteiger partial charge in [-0.3, -0.25) is 4.79 Å². The zero-order valence-corrected chi connectivity index (χ0v) is 9.58. The molecule has 0 aromatic heterocycles. The molecule has 0 saturated heterocycles. The number of rotatable bonds is 6. The Hall–Kier alpha value is -1.22. The van der Waals surface area contributed by atoms with Crippen LogP contribution in [0, 0.1) is 11.7 Å². The van der Waals surface area contributed by atoms with Crippen LogP contribution in [-0.2, 0) is 11.2 Å². The molecule has 16 heavy (non-hydrogen) atoms. The number of ketones is 1. The Balaban J connectivity index is 2.66. The zero-order chi connectivity index (χ0) is 12.0.